The van der Waals surface area contributed by atoms with Crippen molar-refractivity contribution < 1.29 is 14.1 Å². The topological polar surface area (TPSA) is 82.6 Å². The quantitative estimate of drug-likeness (QED) is 0.420. The van der Waals surface area contributed by atoms with Crippen LogP contribution in [0.3, 0.4) is 0 Å². The Hall–Kier alpha value is -3.15. The van der Waals surface area contributed by atoms with Crippen LogP contribution >= 0.6 is 0 Å². The number of hydrogen-bond acceptors (Lipinski definition) is 5. The summed E-state index contributed by atoms with van der Waals surface area (Å²) in [6.45, 7) is 0. The Morgan fingerprint density at radius 3 is 2.45 bits per heavy atom. The fourth-order valence-electron chi connectivity index (χ4n) is 2.18. The van der Waals surface area contributed by atoms with Crippen molar-refractivity contribution in [1.29, 1.82) is 0 Å². The molecule has 1 aromatic heterocycles. The van der Waals surface area contributed by atoms with Gasteiger partial charge in [0.15, 0.2) is 0 Å². The maximum Gasteiger partial charge on any atom is 0.344 e. The second kappa shape index (κ2) is 5.33. The van der Waals surface area contributed by atoms with E-state index in [0.29, 0.717) is 22.5 Å². The molecule has 0 saturated heterocycles. The molecule has 0 unspecified atom stereocenters. The van der Waals surface area contributed by atoms with Crippen LogP contribution in [0.4, 0.5) is 5.69 Å². The van der Waals surface area contributed by atoms with Gasteiger partial charge in [-0.25, -0.2) is 4.79 Å². The molecule has 6 nitrogen and oxygen atoms in total. The van der Waals surface area contributed by atoms with Crippen LogP contribution in [-0.2, 0) is 0 Å². The lowest BCUT2D eigenvalue weighted by Crippen LogP contribution is -2.02. The maximum atomic E-state index is 12.1. The molecule has 0 aliphatic carbocycles. The first-order chi connectivity index (χ1) is 10.6. The summed E-state index contributed by atoms with van der Waals surface area (Å²) < 4.78 is 10.4. The van der Waals surface area contributed by atoms with Crippen molar-refractivity contribution >= 4 is 16.7 Å². The lowest BCUT2D eigenvalue weighted by Gasteiger charge is -2.04. The number of non-ortho nitro benzene ring substituents is 1. The van der Waals surface area contributed by atoms with Crippen molar-refractivity contribution in [2.75, 3.05) is 7.11 Å². The average Bonchev–Trinajstić information content (AvgIpc) is 2.53. The molecule has 6 heteroatoms. The molecule has 3 aromatic rings. The van der Waals surface area contributed by atoms with E-state index in [1.807, 2.05) is 0 Å². The number of ether oxygens (including phenoxy) is 1. The number of fused-ring (bicyclic) bond motifs is 1. The standard InChI is InChI=1S/C16H11NO5/c1-21-13-7-4-11-8-14(16(18)22-15(11)9-13)10-2-5-12(6-3-10)17(19)20/h2-9H,1H3. The van der Waals surface area contributed by atoms with E-state index in [0.717, 1.165) is 5.39 Å². The molecule has 110 valence electrons. The third-order valence-corrected chi connectivity index (χ3v) is 3.33. The summed E-state index contributed by atoms with van der Waals surface area (Å²) in [5.41, 5.74) is 0.813. The van der Waals surface area contributed by atoms with Gasteiger partial charge in [0, 0.05) is 23.6 Å². The van der Waals surface area contributed by atoms with E-state index in [-0.39, 0.29) is 5.69 Å². The van der Waals surface area contributed by atoms with E-state index in [4.69, 9.17) is 9.15 Å². The Morgan fingerprint density at radius 1 is 1.09 bits per heavy atom. The number of rotatable bonds is 3. The minimum atomic E-state index is -0.505. The Morgan fingerprint density at radius 2 is 1.82 bits per heavy atom. The highest BCUT2D eigenvalue weighted by molar-refractivity contribution is 5.82. The SMILES string of the molecule is COc1ccc2cc(-c3ccc([N+](=O)[O-])cc3)c(=O)oc2c1. The minimum Gasteiger partial charge on any atom is -0.497 e. The lowest BCUT2D eigenvalue weighted by atomic mass is 10.1. The Balaban J connectivity index is 2.12. The van der Waals surface area contributed by atoms with Crippen LogP contribution in [0.25, 0.3) is 22.1 Å². The third kappa shape index (κ3) is 2.42. The van der Waals surface area contributed by atoms with Gasteiger partial charge in [0.25, 0.3) is 5.69 Å². The van der Waals surface area contributed by atoms with Crippen molar-refractivity contribution in [3.8, 4) is 16.9 Å². The molecular formula is C16H11NO5. The molecule has 0 N–H and O–H groups in total. The van der Waals surface area contributed by atoms with Crippen molar-refractivity contribution in [2.45, 2.75) is 0 Å². The molecule has 0 spiro atoms. The van der Waals surface area contributed by atoms with Crippen LogP contribution in [0.15, 0.2) is 57.7 Å². The molecule has 0 amide bonds. The van der Waals surface area contributed by atoms with E-state index >= 15 is 0 Å². The first-order valence-corrected chi connectivity index (χ1v) is 6.45. The van der Waals surface area contributed by atoms with Crippen molar-refractivity contribution in [3.63, 3.8) is 0 Å². The van der Waals surface area contributed by atoms with Gasteiger partial charge in [-0.15, -0.1) is 0 Å². The summed E-state index contributed by atoms with van der Waals surface area (Å²) >= 11 is 0. The number of hydrogen-bond donors (Lipinski definition) is 0. The van der Waals surface area contributed by atoms with Gasteiger partial charge in [-0.2, -0.15) is 0 Å². The van der Waals surface area contributed by atoms with E-state index in [9.17, 15) is 14.9 Å². The summed E-state index contributed by atoms with van der Waals surface area (Å²) in [5.74, 6) is 0.596. The van der Waals surface area contributed by atoms with E-state index in [1.54, 1.807) is 24.3 Å². The molecule has 22 heavy (non-hydrogen) atoms. The second-order valence-electron chi connectivity index (χ2n) is 4.66. The van der Waals surface area contributed by atoms with Crippen LogP contribution in [-0.4, -0.2) is 12.0 Å². The normalized spacial score (nSPS) is 10.6. The predicted octanol–water partition coefficient (Wildman–Crippen LogP) is 3.38. The van der Waals surface area contributed by atoms with Gasteiger partial charge >= 0.3 is 5.63 Å². The number of nitrogens with zero attached hydrogens (tertiary/aromatic N) is 1. The van der Waals surface area contributed by atoms with Gasteiger partial charge in [-0.1, -0.05) is 0 Å². The molecule has 0 bridgehead atoms. The molecular weight excluding hydrogens is 286 g/mol. The molecule has 3 rings (SSSR count). The first-order valence-electron chi connectivity index (χ1n) is 6.45. The minimum absolute atomic E-state index is 0.0290. The molecule has 0 aliphatic rings. The summed E-state index contributed by atoms with van der Waals surface area (Å²) in [6.07, 6.45) is 0. The third-order valence-electron chi connectivity index (χ3n) is 3.33. The summed E-state index contributed by atoms with van der Waals surface area (Å²) in [7, 11) is 1.53. The number of benzene rings is 2. The second-order valence-corrected chi connectivity index (χ2v) is 4.66. The first kappa shape index (κ1) is 13.8. The van der Waals surface area contributed by atoms with Gasteiger partial charge in [-0.3, -0.25) is 10.1 Å². The molecule has 0 fully saturated rings. The molecule has 0 aliphatic heterocycles. The van der Waals surface area contributed by atoms with E-state index in [1.165, 1.54) is 31.4 Å². The number of nitro benzene ring substituents is 1. The van der Waals surface area contributed by atoms with Gasteiger partial charge in [-0.05, 0) is 35.9 Å². The monoisotopic (exact) mass is 297 g/mol. The fourth-order valence-corrected chi connectivity index (χ4v) is 2.18. The van der Waals surface area contributed by atoms with Crippen molar-refractivity contribution in [2.24, 2.45) is 0 Å². The summed E-state index contributed by atoms with van der Waals surface area (Å²) in [5, 5.41) is 11.4. The van der Waals surface area contributed by atoms with Crippen molar-refractivity contribution in [1.82, 2.24) is 0 Å². The summed E-state index contributed by atoms with van der Waals surface area (Å²) in [6, 6.07) is 12.6. The van der Waals surface area contributed by atoms with Crippen LogP contribution in [0, 0.1) is 10.1 Å². The van der Waals surface area contributed by atoms with Gasteiger partial charge < -0.3 is 9.15 Å². The predicted molar refractivity (Wildman–Crippen MR) is 81.1 cm³/mol. The highest BCUT2D eigenvalue weighted by Gasteiger charge is 2.11. The largest absolute Gasteiger partial charge is 0.497 e. The van der Waals surface area contributed by atoms with E-state index < -0.39 is 10.5 Å². The molecule has 0 atom stereocenters. The number of nitro groups is 1. The summed E-state index contributed by atoms with van der Waals surface area (Å²) in [4.78, 5) is 22.3. The molecule has 1 heterocycles. The lowest BCUT2D eigenvalue weighted by molar-refractivity contribution is -0.384. The van der Waals surface area contributed by atoms with Gasteiger partial charge in [0.05, 0.1) is 17.6 Å². The average molecular weight is 297 g/mol. The smallest absolute Gasteiger partial charge is 0.344 e. The van der Waals surface area contributed by atoms with Crippen molar-refractivity contribution in [3.05, 3.63) is 69.1 Å². The zero-order valence-corrected chi connectivity index (χ0v) is 11.6. The van der Waals surface area contributed by atoms with Crippen LogP contribution < -0.4 is 10.4 Å². The van der Waals surface area contributed by atoms with Crippen LogP contribution in [0.2, 0.25) is 0 Å². The van der Waals surface area contributed by atoms with Crippen LogP contribution in [0.1, 0.15) is 0 Å². The molecule has 0 saturated carbocycles. The Bertz CT molecular complexity index is 912. The Kier molecular flexibility index (Phi) is 3.34. The maximum absolute atomic E-state index is 12.1. The molecule has 0 radical (unpaired) electrons. The van der Waals surface area contributed by atoms with Gasteiger partial charge in [0.2, 0.25) is 0 Å². The highest BCUT2D eigenvalue weighted by atomic mass is 16.6. The Labute approximate surface area is 124 Å². The molecule has 2 aromatic carbocycles. The zero-order chi connectivity index (χ0) is 15.7. The fraction of sp³-hybridized carbons (Fsp3) is 0.0625. The van der Waals surface area contributed by atoms with Gasteiger partial charge in [0.1, 0.15) is 11.3 Å². The zero-order valence-electron chi connectivity index (χ0n) is 11.6. The number of methoxy groups -OCH3 is 1. The van der Waals surface area contributed by atoms with E-state index in [2.05, 4.69) is 0 Å². The van der Waals surface area contributed by atoms with Crippen LogP contribution in [0.5, 0.6) is 5.75 Å². The highest BCUT2D eigenvalue weighted by Crippen LogP contribution is 2.25.